The normalized spacial score (nSPS) is 10.7. The number of thiophene rings is 1. The number of H-pyrrole nitrogens is 1. The smallest absolute Gasteiger partial charge is 0.354 e. The van der Waals surface area contributed by atoms with Gasteiger partial charge in [0.1, 0.15) is 10.5 Å². The Morgan fingerprint density at radius 1 is 1.57 bits per heavy atom. The standard InChI is InChI=1S/C10H11NO2S/c1-3-13-10(12)8-5-7-4-6(2)14-9(7)11-8/h4-5,11H,3H2,1-2H3. The minimum Gasteiger partial charge on any atom is -0.461 e. The second-order valence-electron chi connectivity index (χ2n) is 3.04. The van der Waals surface area contributed by atoms with Crippen LogP contribution in [0, 0.1) is 6.92 Å². The Morgan fingerprint density at radius 3 is 3.00 bits per heavy atom. The van der Waals surface area contributed by atoms with Crippen molar-refractivity contribution in [3.8, 4) is 0 Å². The van der Waals surface area contributed by atoms with Crippen molar-refractivity contribution in [3.05, 3.63) is 22.7 Å². The molecule has 0 atom stereocenters. The third kappa shape index (κ3) is 1.53. The molecule has 0 fully saturated rings. The molecule has 0 saturated heterocycles. The van der Waals surface area contributed by atoms with Crippen LogP contribution in [-0.4, -0.2) is 17.6 Å². The summed E-state index contributed by atoms with van der Waals surface area (Å²) in [5.74, 6) is -0.284. The summed E-state index contributed by atoms with van der Waals surface area (Å²) in [7, 11) is 0. The Labute approximate surface area is 85.7 Å². The Balaban J connectivity index is 2.36. The van der Waals surface area contributed by atoms with Gasteiger partial charge in [0.05, 0.1) is 6.61 Å². The molecule has 0 bridgehead atoms. The lowest BCUT2D eigenvalue weighted by Crippen LogP contribution is -2.04. The Hall–Kier alpha value is -1.29. The van der Waals surface area contributed by atoms with Gasteiger partial charge in [0.2, 0.25) is 0 Å². The summed E-state index contributed by atoms with van der Waals surface area (Å²) in [6, 6.07) is 3.88. The van der Waals surface area contributed by atoms with Crippen LogP contribution in [0.4, 0.5) is 0 Å². The Bertz CT molecular complexity index is 438. The largest absolute Gasteiger partial charge is 0.461 e. The van der Waals surface area contributed by atoms with Gasteiger partial charge in [0.25, 0.3) is 0 Å². The number of nitrogens with one attached hydrogen (secondary N) is 1. The monoisotopic (exact) mass is 209 g/mol. The van der Waals surface area contributed by atoms with Crippen LogP contribution in [-0.2, 0) is 4.74 Å². The predicted octanol–water partition coefficient (Wildman–Crippen LogP) is 2.71. The molecular formula is C10H11NO2S. The number of fused-ring (bicyclic) bond motifs is 1. The molecule has 3 nitrogen and oxygen atoms in total. The van der Waals surface area contributed by atoms with E-state index in [2.05, 4.69) is 11.1 Å². The fraction of sp³-hybridized carbons (Fsp3) is 0.300. The molecule has 2 rings (SSSR count). The van der Waals surface area contributed by atoms with E-state index in [1.165, 1.54) is 4.88 Å². The summed E-state index contributed by atoms with van der Waals surface area (Å²) in [5.41, 5.74) is 0.535. The van der Waals surface area contributed by atoms with Gasteiger partial charge in [-0.25, -0.2) is 4.79 Å². The van der Waals surface area contributed by atoms with E-state index in [1.807, 2.05) is 13.0 Å². The van der Waals surface area contributed by atoms with E-state index in [0.717, 1.165) is 10.2 Å². The van der Waals surface area contributed by atoms with Crippen molar-refractivity contribution < 1.29 is 9.53 Å². The fourth-order valence-electron chi connectivity index (χ4n) is 1.37. The molecule has 0 saturated carbocycles. The number of esters is 1. The van der Waals surface area contributed by atoms with Crippen LogP contribution in [0.5, 0.6) is 0 Å². The first-order valence-electron chi connectivity index (χ1n) is 4.47. The van der Waals surface area contributed by atoms with Gasteiger partial charge < -0.3 is 9.72 Å². The van der Waals surface area contributed by atoms with Gasteiger partial charge in [-0.2, -0.15) is 0 Å². The van der Waals surface area contributed by atoms with Crippen molar-refractivity contribution in [2.24, 2.45) is 0 Å². The van der Waals surface area contributed by atoms with Crippen molar-refractivity contribution >= 4 is 27.5 Å². The molecular weight excluding hydrogens is 198 g/mol. The molecule has 0 aliphatic rings. The topological polar surface area (TPSA) is 42.1 Å². The fourth-order valence-corrected chi connectivity index (χ4v) is 2.28. The summed E-state index contributed by atoms with van der Waals surface area (Å²) >= 11 is 1.65. The van der Waals surface area contributed by atoms with Crippen molar-refractivity contribution in [2.45, 2.75) is 13.8 Å². The Kier molecular flexibility index (Phi) is 2.29. The summed E-state index contributed by atoms with van der Waals surface area (Å²) in [5, 5.41) is 1.08. The highest BCUT2D eigenvalue weighted by molar-refractivity contribution is 7.18. The maximum Gasteiger partial charge on any atom is 0.354 e. The number of aromatic nitrogens is 1. The molecule has 0 radical (unpaired) electrons. The molecule has 2 aromatic rings. The maximum absolute atomic E-state index is 11.3. The van der Waals surface area contributed by atoms with E-state index in [-0.39, 0.29) is 5.97 Å². The average Bonchev–Trinajstić information content (AvgIpc) is 2.61. The molecule has 0 spiro atoms. The summed E-state index contributed by atoms with van der Waals surface area (Å²) in [6.45, 7) is 4.25. The lowest BCUT2D eigenvalue weighted by atomic mass is 10.3. The number of rotatable bonds is 2. The summed E-state index contributed by atoms with van der Waals surface area (Å²) in [4.78, 5) is 16.7. The first-order chi connectivity index (χ1) is 6.70. The number of carbonyl (C=O) groups is 1. The highest BCUT2D eigenvalue weighted by atomic mass is 32.1. The van der Waals surface area contributed by atoms with E-state index in [4.69, 9.17) is 4.74 Å². The van der Waals surface area contributed by atoms with Crippen molar-refractivity contribution in [1.82, 2.24) is 4.98 Å². The van der Waals surface area contributed by atoms with E-state index in [9.17, 15) is 4.79 Å². The highest BCUT2D eigenvalue weighted by Gasteiger charge is 2.11. The number of ether oxygens (including phenoxy) is 1. The SMILES string of the molecule is CCOC(=O)c1cc2cc(C)sc2[nH]1. The van der Waals surface area contributed by atoms with E-state index >= 15 is 0 Å². The second-order valence-corrected chi connectivity index (χ2v) is 4.30. The van der Waals surface area contributed by atoms with Crippen LogP contribution in [0.15, 0.2) is 12.1 Å². The third-order valence-electron chi connectivity index (χ3n) is 1.93. The van der Waals surface area contributed by atoms with E-state index in [1.54, 1.807) is 18.3 Å². The van der Waals surface area contributed by atoms with Gasteiger partial charge in [-0.1, -0.05) is 0 Å². The van der Waals surface area contributed by atoms with Crippen LogP contribution in [0.25, 0.3) is 10.2 Å². The molecule has 2 heterocycles. The first kappa shape index (κ1) is 9.27. The molecule has 0 amide bonds. The molecule has 2 aromatic heterocycles. The molecule has 1 N–H and O–H groups in total. The maximum atomic E-state index is 11.3. The number of hydrogen-bond acceptors (Lipinski definition) is 3. The summed E-state index contributed by atoms with van der Waals surface area (Å²) in [6.07, 6.45) is 0. The van der Waals surface area contributed by atoms with Gasteiger partial charge in [-0.3, -0.25) is 0 Å². The van der Waals surface area contributed by atoms with Crippen LogP contribution >= 0.6 is 11.3 Å². The van der Waals surface area contributed by atoms with Crippen molar-refractivity contribution in [2.75, 3.05) is 6.61 Å². The second kappa shape index (κ2) is 3.46. The zero-order valence-electron chi connectivity index (χ0n) is 8.09. The number of aromatic amines is 1. The zero-order chi connectivity index (χ0) is 10.1. The van der Waals surface area contributed by atoms with Gasteiger partial charge in [0, 0.05) is 10.3 Å². The lowest BCUT2D eigenvalue weighted by molar-refractivity contribution is 0.0520. The summed E-state index contributed by atoms with van der Waals surface area (Å²) < 4.78 is 4.89. The highest BCUT2D eigenvalue weighted by Crippen LogP contribution is 2.25. The molecule has 0 aromatic carbocycles. The van der Waals surface area contributed by atoms with Crippen LogP contribution < -0.4 is 0 Å². The average molecular weight is 209 g/mol. The van der Waals surface area contributed by atoms with Crippen molar-refractivity contribution in [3.63, 3.8) is 0 Å². The zero-order valence-corrected chi connectivity index (χ0v) is 8.90. The third-order valence-corrected chi connectivity index (χ3v) is 2.91. The number of aryl methyl sites for hydroxylation is 1. The quantitative estimate of drug-likeness (QED) is 0.773. The van der Waals surface area contributed by atoms with E-state index in [0.29, 0.717) is 12.3 Å². The first-order valence-corrected chi connectivity index (χ1v) is 5.28. The van der Waals surface area contributed by atoms with Crippen LogP contribution in [0.1, 0.15) is 22.3 Å². The van der Waals surface area contributed by atoms with Crippen molar-refractivity contribution in [1.29, 1.82) is 0 Å². The minimum atomic E-state index is -0.284. The van der Waals surface area contributed by atoms with E-state index < -0.39 is 0 Å². The van der Waals surface area contributed by atoms with Crippen LogP contribution in [0.2, 0.25) is 0 Å². The van der Waals surface area contributed by atoms with Gasteiger partial charge >= 0.3 is 5.97 Å². The van der Waals surface area contributed by atoms with Gasteiger partial charge in [-0.15, -0.1) is 11.3 Å². The molecule has 0 unspecified atom stereocenters. The van der Waals surface area contributed by atoms with Crippen LogP contribution in [0.3, 0.4) is 0 Å². The van der Waals surface area contributed by atoms with Gasteiger partial charge in [0.15, 0.2) is 0 Å². The Morgan fingerprint density at radius 2 is 2.36 bits per heavy atom. The minimum absolute atomic E-state index is 0.284. The molecule has 0 aliphatic heterocycles. The molecule has 74 valence electrons. The lowest BCUT2D eigenvalue weighted by Gasteiger charge is -1.96. The van der Waals surface area contributed by atoms with Gasteiger partial charge in [-0.05, 0) is 26.0 Å². The number of hydrogen-bond donors (Lipinski definition) is 1. The molecule has 0 aliphatic carbocycles. The molecule has 14 heavy (non-hydrogen) atoms. The predicted molar refractivity (Wildman–Crippen MR) is 56.9 cm³/mol. The molecule has 4 heteroatoms. The number of carbonyl (C=O) groups excluding carboxylic acids is 1.